The number of nitrogens with two attached hydrogens (primary N) is 1. The van der Waals surface area contributed by atoms with E-state index in [-0.39, 0.29) is 5.82 Å². The molecular formula is C11H10FN3. The van der Waals surface area contributed by atoms with E-state index in [4.69, 9.17) is 5.73 Å². The first kappa shape index (κ1) is 9.58. The smallest absolute Gasteiger partial charge is 0.146 e. The molecule has 1 heterocycles. The highest BCUT2D eigenvalue weighted by Crippen LogP contribution is 2.09. The molecule has 0 fully saturated rings. The van der Waals surface area contributed by atoms with Crippen LogP contribution in [0.1, 0.15) is 11.3 Å². The third-order valence-corrected chi connectivity index (χ3v) is 2.01. The number of rotatable bonds is 2. The van der Waals surface area contributed by atoms with Crippen LogP contribution in [-0.4, -0.2) is 10.2 Å². The van der Waals surface area contributed by atoms with Crippen molar-refractivity contribution in [2.75, 3.05) is 5.73 Å². The molecule has 2 N–H and O–H groups in total. The number of aromatic nitrogens is 2. The predicted molar refractivity (Wildman–Crippen MR) is 55.7 cm³/mol. The van der Waals surface area contributed by atoms with Crippen LogP contribution in [0.3, 0.4) is 0 Å². The summed E-state index contributed by atoms with van der Waals surface area (Å²) in [4.78, 5) is 0. The van der Waals surface area contributed by atoms with Gasteiger partial charge >= 0.3 is 0 Å². The largest absolute Gasteiger partial charge is 0.382 e. The highest BCUT2D eigenvalue weighted by Gasteiger charge is 1.99. The quantitative estimate of drug-likeness (QED) is 0.809. The Bertz CT molecular complexity index is 454. The first-order chi connectivity index (χ1) is 7.24. The van der Waals surface area contributed by atoms with Crippen molar-refractivity contribution in [1.82, 2.24) is 10.2 Å². The van der Waals surface area contributed by atoms with Crippen LogP contribution in [0.25, 0.3) is 0 Å². The average Bonchev–Trinajstić information content (AvgIpc) is 2.22. The Labute approximate surface area is 86.8 Å². The monoisotopic (exact) mass is 203 g/mol. The Hall–Kier alpha value is -1.97. The second-order valence-corrected chi connectivity index (χ2v) is 3.26. The second-order valence-electron chi connectivity index (χ2n) is 3.26. The normalized spacial score (nSPS) is 10.2. The Kier molecular flexibility index (Phi) is 2.58. The molecule has 0 bridgehead atoms. The molecule has 0 radical (unpaired) electrons. The van der Waals surface area contributed by atoms with Gasteiger partial charge in [0.05, 0.1) is 5.69 Å². The van der Waals surface area contributed by atoms with E-state index in [1.165, 1.54) is 12.1 Å². The Balaban J connectivity index is 2.18. The summed E-state index contributed by atoms with van der Waals surface area (Å²) >= 11 is 0. The van der Waals surface area contributed by atoms with Gasteiger partial charge in [-0.2, -0.15) is 5.10 Å². The summed E-state index contributed by atoms with van der Waals surface area (Å²) in [6.07, 6.45) is 0.561. The minimum absolute atomic E-state index is 0.240. The van der Waals surface area contributed by atoms with E-state index >= 15 is 0 Å². The summed E-state index contributed by atoms with van der Waals surface area (Å²) in [6, 6.07) is 9.89. The molecule has 1 aromatic heterocycles. The summed E-state index contributed by atoms with van der Waals surface area (Å²) in [6.45, 7) is 0. The number of anilines is 1. The number of nitrogen functional groups attached to an aromatic ring is 1. The lowest BCUT2D eigenvalue weighted by Gasteiger charge is -2.00. The van der Waals surface area contributed by atoms with Crippen LogP contribution in [0.15, 0.2) is 36.4 Å². The van der Waals surface area contributed by atoms with Gasteiger partial charge in [0.25, 0.3) is 0 Å². The summed E-state index contributed by atoms with van der Waals surface area (Å²) in [5.41, 5.74) is 7.05. The molecular weight excluding hydrogens is 193 g/mol. The summed E-state index contributed by atoms with van der Waals surface area (Å²) in [5, 5.41) is 7.64. The molecule has 1 aromatic carbocycles. The van der Waals surface area contributed by atoms with Crippen LogP contribution in [0.2, 0.25) is 0 Å². The molecule has 2 aromatic rings. The number of hydrogen-bond acceptors (Lipinski definition) is 3. The molecule has 3 nitrogen and oxygen atoms in total. The minimum Gasteiger partial charge on any atom is -0.382 e. The van der Waals surface area contributed by atoms with Gasteiger partial charge in [-0.05, 0) is 29.8 Å². The van der Waals surface area contributed by atoms with Crippen molar-refractivity contribution in [3.8, 4) is 0 Å². The van der Waals surface area contributed by atoms with E-state index < -0.39 is 0 Å². The zero-order valence-electron chi connectivity index (χ0n) is 8.02. The molecule has 0 saturated heterocycles. The van der Waals surface area contributed by atoms with Crippen LogP contribution in [0.4, 0.5) is 10.2 Å². The van der Waals surface area contributed by atoms with E-state index in [0.29, 0.717) is 12.2 Å². The maximum atomic E-state index is 12.9. The van der Waals surface area contributed by atoms with Crippen molar-refractivity contribution in [2.45, 2.75) is 6.42 Å². The van der Waals surface area contributed by atoms with E-state index in [1.807, 2.05) is 6.07 Å². The van der Waals surface area contributed by atoms with Crippen molar-refractivity contribution < 1.29 is 4.39 Å². The zero-order valence-corrected chi connectivity index (χ0v) is 8.02. The maximum Gasteiger partial charge on any atom is 0.146 e. The van der Waals surface area contributed by atoms with Crippen molar-refractivity contribution >= 4 is 5.82 Å². The Morgan fingerprint density at radius 2 is 2.00 bits per heavy atom. The molecule has 76 valence electrons. The van der Waals surface area contributed by atoms with Gasteiger partial charge in [0.1, 0.15) is 11.6 Å². The number of halogens is 1. The van der Waals surface area contributed by atoms with E-state index in [2.05, 4.69) is 10.2 Å². The van der Waals surface area contributed by atoms with Crippen molar-refractivity contribution in [3.05, 3.63) is 53.5 Å². The fraction of sp³-hybridized carbons (Fsp3) is 0.0909. The SMILES string of the molecule is Nc1ccc(Cc2cccc(F)c2)nn1. The lowest BCUT2D eigenvalue weighted by atomic mass is 10.1. The standard InChI is InChI=1S/C11H10FN3/c12-9-3-1-2-8(6-9)7-10-4-5-11(13)15-14-10/h1-6H,7H2,(H2,13,15). The molecule has 2 rings (SSSR count). The number of benzene rings is 1. The molecule has 0 unspecified atom stereocenters. The van der Waals surface area contributed by atoms with Crippen LogP contribution in [-0.2, 0) is 6.42 Å². The van der Waals surface area contributed by atoms with Gasteiger partial charge < -0.3 is 5.73 Å². The van der Waals surface area contributed by atoms with E-state index in [0.717, 1.165) is 11.3 Å². The minimum atomic E-state index is -0.240. The number of nitrogens with zero attached hydrogens (tertiary/aromatic N) is 2. The van der Waals surface area contributed by atoms with Crippen molar-refractivity contribution in [2.24, 2.45) is 0 Å². The molecule has 0 atom stereocenters. The van der Waals surface area contributed by atoms with E-state index in [1.54, 1.807) is 18.2 Å². The Morgan fingerprint density at radius 1 is 1.13 bits per heavy atom. The van der Waals surface area contributed by atoms with Gasteiger partial charge in [-0.1, -0.05) is 12.1 Å². The number of hydrogen-bond donors (Lipinski definition) is 1. The van der Waals surface area contributed by atoms with Crippen LogP contribution < -0.4 is 5.73 Å². The average molecular weight is 203 g/mol. The molecule has 0 spiro atoms. The lowest BCUT2D eigenvalue weighted by molar-refractivity contribution is 0.626. The lowest BCUT2D eigenvalue weighted by Crippen LogP contribution is -1.98. The summed E-state index contributed by atoms with van der Waals surface area (Å²) in [5.74, 6) is 0.147. The molecule has 0 saturated carbocycles. The first-order valence-electron chi connectivity index (χ1n) is 4.56. The molecule has 0 aliphatic rings. The topological polar surface area (TPSA) is 51.8 Å². The summed E-state index contributed by atoms with van der Waals surface area (Å²) in [7, 11) is 0. The van der Waals surface area contributed by atoms with Crippen LogP contribution in [0, 0.1) is 5.82 Å². The van der Waals surface area contributed by atoms with Gasteiger partial charge in [0.15, 0.2) is 0 Å². The van der Waals surface area contributed by atoms with Crippen LogP contribution >= 0.6 is 0 Å². The van der Waals surface area contributed by atoms with E-state index in [9.17, 15) is 4.39 Å². The maximum absolute atomic E-state index is 12.9. The Morgan fingerprint density at radius 3 is 2.67 bits per heavy atom. The second kappa shape index (κ2) is 4.04. The van der Waals surface area contributed by atoms with Crippen LogP contribution in [0.5, 0.6) is 0 Å². The molecule has 0 aliphatic carbocycles. The molecule has 0 amide bonds. The van der Waals surface area contributed by atoms with Gasteiger partial charge in [-0.25, -0.2) is 4.39 Å². The van der Waals surface area contributed by atoms with Gasteiger partial charge in [-0.3, -0.25) is 0 Å². The fourth-order valence-corrected chi connectivity index (χ4v) is 1.32. The zero-order chi connectivity index (χ0) is 10.7. The molecule has 15 heavy (non-hydrogen) atoms. The first-order valence-corrected chi connectivity index (χ1v) is 4.56. The van der Waals surface area contributed by atoms with Crippen molar-refractivity contribution in [1.29, 1.82) is 0 Å². The predicted octanol–water partition coefficient (Wildman–Crippen LogP) is 1.79. The fourth-order valence-electron chi connectivity index (χ4n) is 1.32. The highest BCUT2D eigenvalue weighted by molar-refractivity contribution is 5.28. The highest BCUT2D eigenvalue weighted by atomic mass is 19.1. The van der Waals surface area contributed by atoms with Gasteiger partial charge in [-0.15, -0.1) is 5.10 Å². The van der Waals surface area contributed by atoms with Gasteiger partial charge in [0.2, 0.25) is 0 Å². The molecule has 4 heteroatoms. The van der Waals surface area contributed by atoms with Crippen molar-refractivity contribution in [3.63, 3.8) is 0 Å². The third kappa shape index (κ3) is 2.49. The molecule has 0 aliphatic heterocycles. The third-order valence-electron chi connectivity index (χ3n) is 2.01. The summed E-state index contributed by atoms with van der Waals surface area (Å²) < 4.78 is 12.9. The van der Waals surface area contributed by atoms with Gasteiger partial charge in [0, 0.05) is 6.42 Å².